The molecule has 0 bridgehead atoms. The van der Waals surface area contributed by atoms with E-state index in [-0.39, 0.29) is 5.56 Å². The Morgan fingerprint density at radius 2 is 1.79 bits per heavy atom. The van der Waals surface area contributed by atoms with Crippen LogP contribution in [-0.4, -0.2) is 14.3 Å². The van der Waals surface area contributed by atoms with Crippen LogP contribution in [0.5, 0.6) is 5.75 Å². The Kier molecular flexibility index (Phi) is 4.74. The van der Waals surface area contributed by atoms with Gasteiger partial charge in [0.1, 0.15) is 12.4 Å². The van der Waals surface area contributed by atoms with Crippen molar-refractivity contribution < 1.29 is 4.74 Å². The molecule has 0 saturated carbocycles. The lowest BCUT2D eigenvalue weighted by Gasteiger charge is -2.09. The van der Waals surface area contributed by atoms with Crippen LogP contribution in [0.2, 0.25) is 0 Å². The first-order chi connectivity index (χ1) is 13.5. The van der Waals surface area contributed by atoms with Gasteiger partial charge in [-0.3, -0.25) is 14.0 Å². The zero-order chi connectivity index (χ0) is 19.7. The maximum absolute atomic E-state index is 12.6. The van der Waals surface area contributed by atoms with Crippen molar-refractivity contribution in [3.63, 3.8) is 0 Å². The van der Waals surface area contributed by atoms with E-state index in [4.69, 9.17) is 4.74 Å². The molecule has 0 amide bonds. The van der Waals surface area contributed by atoms with Crippen LogP contribution >= 0.6 is 0 Å². The molecule has 0 radical (unpaired) electrons. The third kappa shape index (κ3) is 3.43. The first-order valence-electron chi connectivity index (χ1n) is 9.44. The predicted octanol–water partition coefficient (Wildman–Crippen LogP) is 4.40. The highest BCUT2D eigenvalue weighted by atomic mass is 16.5. The summed E-state index contributed by atoms with van der Waals surface area (Å²) in [6.45, 7) is 7.43. The summed E-state index contributed by atoms with van der Waals surface area (Å²) < 4.78 is 9.38. The Morgan fingerprint density at radius 3 is 2.50 bits per heavy atom. The summed E-state index contributed by atoms with van der Waals surface area (Å²) >= 11 is 0. The van der Waals surface area contributed by atoms with Gasteiger partial charge in [0.25, 0.3) is 5.56 Å². The van der Waals surface area contributed by atoms with Crippen LogP contribution in [0, 0.1) is 13.8 Å². The molecule has 28 heavy (non-hydrogen) atoms. The number of aryl methyl sites for hydroxylation is 3. The van der Waals surface area contributed by atoms with Crippen LogP contribution in [-0.2, 0) is 13.2 Å². The first-order valence-corrected chi connectivity index (χ1v) is 9.44. The van der Waals surface area contributed by atoms with Crippen molar-refractivity contribution in [2.24, 2.45) is 0 Å². The van der Waals surface area contributed by atoms with Gasteiger partial charge in [-0.1, -0.05) is 29.8 Å². The molecule has 2 aromatic heterocycles. The lowest BCUT2D eigenvalue weighted by Crippen LogP contribution is -2.16. The number of hydrogen-bond donors (Lipinski definition) is 0. The molecule has 2 heterocycles. The van der Waals surface area contributed by atoms with E-state index in [1.54, 1.807) is 10.8 Å². The average molecular weight is 373 g/mol. The van der Waals surface area contributed by atoms with Crippen molar-refractivity contribution >= 4 is 10.9 Å². The minimum absolute atomic E-state index is 0.124. The molecule has 142 valence electrons. The largest absolute Gasteiger partial charge is 0.489 e. The number of pyridine rings is 1. The maximum atomic E-state index is 12.6. The fourth-order valence-corrected chi connectivity index (χ4v) is 3.32. The lowest BCUT2D eigenvalue weighted by atomic mass is 10.2. The van der Waals surface area contributed by atoms with Gasteiger partial charge in [0.15, 0.2) is 0 Å². The van der Waals surface area contributed by atoms with Gasteiger partial charge in [-0.05, 0) is 50.6 Å². The number of fused-ring (bicyclic) bond motifs is 1. The van der Waals surface area contributed by atoms with E-state index in [0.717, 1.165) is 34.4 Å². The van der Waals surface area contributed by atoms with Gasteiger partial charge in [0.05, 0.1) is 5.52 Å². The third-order valence-electron chi connectivity index (χ3n) is 4.98. The molecule has 5 nitrogen and oxygen atoms in total. The second-order valence-electron chi connectivity index (χ2n) is 6.95. The summed E-state index contributed by atoms with van der Waals surface area (Å²) in [6.07, 6.45) is 1.76. The molecular weight excluding hydrogens is 350 g/mol. The van der Waals surface area contributed by atoms with E-state index in [2.05, 4.69) is 31.1 Å². The summed E-state index contributed by atoms with van der Waals surface area (Å²) in [7, 11) is 0. The van der Waals surface area contributed by atoms with Gasteiger partial charge in [-0.25, -0.2) is 0 Å². The second-order valence-corrected chi connectivity index (χ2v) is 6.95. The average Bonchev–Trinajstić information content (AvgIpc) is 3.03. The Bertz CT molecular complexity index is 1190. The quantitative estimate of drug-likeness (QED) is 0.521. The molecule has 4 rings (SSSR count). The number of rotatable bonds is 5. The molecular formula is C23H23N3O2. The van der Waals surface area contributed by atoms with Crippen LogP contribution in [0.1, 0.15) is 23.7 Å². The summed E-state index contributed by atoms with van der Waals surface area (Å²) in [4.78, 5) is 12.6. The molecule has 2 aromatic carbocycles. The number of aromatic nitrogens is 3. The second kappa shape index (κ2) is 7.35. The number of benzene rings is 2. The smallest absolute Gasteiger partial charge is 0.258 e. The van der Waals surface area contributed by atoms with E-state index in [9.17, 15) is 4.79 Å². The van der Waals surface area contributed by atoms with E-state index < -0.39 is 0 Å². The fraction of sp³-hybridized carbons (Fsp3) is 0.217. The van der Waals surface area contributed by atoms with Gasteiger partial charge in [-0.15, -0.1) is 0 Å². The van der Waals surface area contributed by atoms with Gasteiger partial charge in [-0.2, -0.15) is 5.10 Å². The number of ether oxygens (including phenoxy) is 1. The monoisotopic (exact) mass is 373 g/mol. The third-order valence-corrected chi connectivity index (χ3v) is 4.98. The van der Waals surface area contributed by atoms with Crippen molar-refractivity contribution in [1.29, 1.82) is 0 Å². The molecule has 0 aliphatic heterocycles. The molecule has 0 unspecified atom stereocenters. The van der Waals surface area contributed by atoms with E-state index >= 15 is 0 Å². The van der Waals surface area contributed by atoms with Crippen molar-refractivity contribution in [2.75, 3.05) is 0 Å². The Labute approximate surface area is 163 Å². The zero-order valence-electron chi connectivity index (χ0n) is 16.3. The molecule has 0 spiro atoms. The van der Waals surface area contributed by atoms with Crippen LogP contribution < -0.4 is 10.3 Å². The predicted molar refractivity (Wildman–Crippen MR) is 111 cm³/mol. The SMILES string of the molecule is CCn1nc2ccc(-n3ccc(OCc4ccc(C)cc4)cc3=O)cc2c1C. The van der Waals surface area contributed by atoms with Crippen molar-refractivity contribution in [2.45, 2.75) is 33.9 Å². The van der Waals surface area contributed by atoms with Crippen molar-refractivity contribution in [1.82, 2.24) is 14.3 Å². The topological polar surface area (TPSA) is 49.0 Å². The summed E-state index contributed by atoms with van der Waals surface area (Å²) in [6, 6.07) is 17.4. The highest BCUT2D eigenvalue weighted by Gasteiger charge is 2.09. The lowest BCUT2D eigenvalue weighted by molar-refractivity contribution is 0.305. The minimum atomic E-state index is -0.124. The summed E-state index contributed by atoms with van der Waals surface area (Å²) in [5, 5.41) is 5.63. The van der Waals surface area contributed by atoms with Crippen LogP contribution in [0.4, 0.5) is 0 Å². The highest BCUT2D eigenvalue weighted by molar-refractivity contribution is 5.83. The molecule has 0 atom stereocenters. The summed E-state index contributed by atoms with van der Waals surface area (Å²) in [5.74, 6) is 0.567. The molecule has 0 fully saturated rings. The Hall–Kier alpha value is -3.34. The Morgan fingerprint density at radius 1 is 1.00 bits per heavy atom. The van der Waals surface area contributed by atoms with Gasteiger partial charge < -0.3 is 4.74 Å². The standard InChI is InChI=1S/C23H23N3O2/c1-4-26-17(3)21-13-19(9-10-22(21)24-26)25-12-11-20(14-23(25)27)28-15-18-7-5-16(2)6-8-18/h5-14H,4,15H2,1-3H3. The van der Waals surface area contributed by atoms with Crippen LogP contribution in [0.25, 0.3) is 16.6 Å². The normalized spacial score (nSPS) is 11.1. The number of nitrogens with zero attached hydrogens (tertiary/aromatic N) is 3. The van der Waals surface area contributed by atoms with Crippen LogP contribution in [0.15, 0.2) is 65.6 Å². The van der Waals surface area contributed by atoms with E-state index in [1.165, 1.54) is 11.6 Å². The molecule has 5 heteroatoms. The maximum Gasteiger partial charge on any atom is 0.258 e. The van der Waals surface area contributed by atoms with E-state index in [0.29, 0.717) is 12.4 Å². The minimum Gasteiger partial charge on any atom is -0.489 e. The molecule has 0 saturated heterocycles. The van der Waals surface area contributed by atoms with Crippen molar-refractivity contribution in [3.05, 3.63) is 88.0 Å². The van der Waals surface area contributed by atoms with Gasteiger partial charge in [0.2, 0.25) is 0 Å². The molecule has 0 N–H and O–H groups in total. The van der Waals surface area contributed by atoms with Gasteiger partial charge in [0, 0.05) is 35.6 Å². The first kappa shape index (κ1) is 18.0. The highest BCUT2D eigenvalue weighted by Crippen LogP contribution is 2.21. The van der Waals surface area contributed by atoms with E-state index in [1.807, 2.05) is 48.0 Å². The van der Waals surface area contributed by atoms with Gasteiger partial charge >= 0.3 is 0 Å². The molecule has 0 aliphatic carbocycles. The van der Waals surface area contributed by atoms with Crippen molar-refractivity contribution in [3.8, 4) is 11.4 Å². The Balaban J connectivity index is 1.59. The van der Waals surface area contributed by atoms with Crippen LogP contribution in [0.3, 0.4) is 0 Å². The summed E-state index contributed by atoms with van der Waals surface area (Å²) in [5.41, 5.74) is 5.02. The number of hydrogen-bond acceptors (Lipinski definition) is 3. The molecule has 0 aliphatic rings. The fourth-order valence-electron chi connectivity index (χ4n) is 3.32. The molecule has 4 aromatic rings. The zero-order valence-corrected chi connectivity index (χ0v) is 16.3.